The number of nitrogens with zero attached hydrogens (tertiary/aromatic N) is 1. The van der Waals surface area contributed by atoms with Crippen molar-refractivity contribution in [2.75, 3.05) is 26.2 Å². The molecule has 0 bridgehead atoms. The minimum atomic E-state index is 0.147. The summed E-state index contributed by atoms with van der Waals surface area (Å²) < 4.78 is 6.03. The van der Waals surface area contributed by atoms with Crippen LogP contribution in [0.15, 0.2) is 0 Å². The van der Waals surface area contributed by atoms with Gasteiger partial charge < -0.3 is 10.1 Å². The molecule has 3 heterocycles. The maximum Gasteiger partial charge on any atom is 0.252 e. The molecule has 3 fully saturated rings. The third-order valence-electron chi connectivity index (χ3n) is 7.64. The number of thiophene rings is 1. The number of ether oxygens (including phenoxy) is 1. The van der Waals surface area contributed by atoms with E-state index in [2.05, 4.69) is 24.1 Å². The molecule has 5 heteroatoms. The topological polar surface area (TPSA) is 41.6 Å². The van der Waals surface area contributed by atoms with E-state index in [0.29, 0.717) is 12.0 Å². The second-order valence-corrected chi connectivity index (χ2v) is 10.7. The molecule has 2 aliphatic heterocycles. The zero-order valence-corrected chi connectivity index (χ0v) is 18.2. The van der Waals surface area contributed by atoms with E-state index in [-0.39, 0.29) is 5.91 Å². The van der Waals surface area contributed by atoms with Gasteiger partial charge in [-0.15, -0.1) is 11.3 Å². The Balaban J connectivity index is 1.14. The monoisotopic (exact) mass is 402 g/mol. The first-order valence-corrected chi connectivity index (χ1v) is 12.2. The van der Waals surface area contributed by atoms with Gasteiger partial charge >= 0.3 is 0 Å². The summed E-state index contributed by atoms with van der Waals surface area (Å²) in [5.74, 6) is 2.37. The molecule has 1 amide bonds. The lowest BCUT2D eigenvalue weighted by molar-refractivity contribution is -0.0820. The summed E-state index contributed by atoms with van der Waals surface area (Å²) in [6.45, 7) is 8.68. The van der Waals surface area contributed by atoms with Gasteiger partial charge in [0.2, 0.25) is 0 Å². The molecule has 28 heavy (non-hydrogen) atoms. The molecule has 1 aromatic heterocycles. The fourth-order valence-corrected chi connectivity index (χ4v) is 6.94. The number of rotatable bonds is 6. The van der Waals surface area contributed by atoms with E-state index in [0.717, 1.165) is 56.1 Å². The van der Waals surface area contributed by atoms with Crippen LogP contribution in [0.25, 0.3) is 0 Å². The average molecular weight is 403 g/mol. The molecular weight excluding hydrogens is 368 g/mol. The van der Waals surface area contributed by atoms with Crippen molar-refractivity contribution in [2.24, 2.45) is 11.8 Å². The maximum atomic E-state index is 12.3. The third kappa shape index (κ3) is 3.66. The van der Waals surface area contributed by atoms with Crippen molar-refractivity contribution in [1.82, 2.24) is 10.2 Å². The number of hydrogen-bond donors (Lipinski definition) is 1. The summed E-state index contributed by atoms with van der Waals surface area (Å²) in [5, 5.41) is 3.02. The van der Waals surface area contributed by atoms with E-state index in [1.165, 1.54) is 53.8 Å². The number of amides is 1. The molecule has 1 N–H and O–H groups in total. The lowest BCUT2D eigenvalue weighted by Gasteiger charge is -2.46. The highest BCUT2D eigenvalue weighted by Gasteiger charge is 2.37. The largest absolute Gasteiger partial charge is 0.375 e. The van der Waals surface area contributed by atoms with Crippen molar-refractivity contribution in [1.29, 1.82) is 0 Å². The zero-order valence-electron chi connectivity index (χ0n) is 17.3. The van der Waals surface area contributed by atoms with Crippen LogP contribution in [-0.4, -0.2) is 49.2 Å². The molecule has 0 aromatic carbocycles. The zero-order chi connectivity index (χ0) is 19.3. The molecule has 2 aliphatic carbocycles. The van der Waals surface area contributed by atoms with Gasteiger partial charge in [-0.3, -0.25) is 9.69 Å². The average Bonchev–Trinajstić information content (AvgIpc) is 3.43. The van der Waals surface area contributed by atoms with Gasteiger partial charge in [0.1, 0.15) is 0 Å². The summed E-state index contributed by atoms with van der Waals surface area (Å²) in [6.07, 6.45) is 9.58. The number of carbonyl (C=O) groups is 1. The molecule has 4 aliphatic rings. The lowest BCUT2D eigenvalue weighted by Crippen LogP contribution is -2.57. The quantitative estimate of drug-likeness (QED) is 0.778. The van der Waals surface area contributed by atoms with Crippen LogP contribution in [0, 0.1) is 18.8 Å². The van der Waals surface area contributed by atoms with Crippen LogP contribution >= 0.6 is 11.3 Å². The third-order valence-corrected chi connectivity index (χ3v) is 9.19. The number of fused-ring (bicyclic) bond motifs is 1. The SMILES string of the molecule is Cc1c([C@H](C)C2CCC(N3CC(OCC4CC4)C3)CC2)sc2c1C(=O)NCC2. The first-order valence-electron chi connectivity index (χ1n) is 11.4. The molecule has 0 radical (unpaired) electrons. The lowest BCUT2D eigenvalue weighted by atomic mass is 9.76. The Morgan fingerprint density at radius 3 is 2.61 bits per heavy atom. The van der Waals surface area contributed by atoms with E-state index < -0.39 is 0 Å². The smallest absolute Gasteiger partial charge is 0.252 e. The second kappa shape index (κ2) is 7.73. The van der Waals surface area contributed by atoms with Crippen LogP contribution in [0.4, 0.5) is 0 Å². The van der Waals surface area contributed by atoms with Gasteiger partial charge in [0.05, 0.1) is 11.7 Å². The highest BCUT2D eigenvalue weighted by molar-refractivity contribution is 7.12. The molecule has 2 saturated carbocycles. The van der Waals surface area contributed by atoms with Crippen LogP contribution in [0.2, 0.25) is 0 Å². The Labute approximate surface area is 173 Å². The number of hydrogen-bond acceptors (Lipinski definition) is 4. The Morgan fingerprint density at radius 1 is 1.18 bits per heavy atom. The summed E-state index contributed by atoms with van der Waals surface area (Å²) in [6, 6.07) is 0.771. The molecule has 5 rings (SSSR count). The van der Waals surface area contributed by atoms with E-state index in [1.807, 2.05) is 11.3 Å². The van der Waals surface area contributed by atoms with Gasteiger partial charge in [-0.2, -0.15) is 0 Å². The Morgan fingerprint density at radius 2 is 1.93 bits per heavy atom. The summed E-state index contributed by atoms with van der Waals surface area (Å²) in [5.41, 5.74) is 2.25. The van der Waals surface area contributed by atoms with E-state index in [9.17, 15) is 4.79 Å². The van der Waals surface area contributed by atoms with Crippen molar-refractivity contribution in [3.8, 4) is 0 Å². The van der Waals surface area contributed by atoms with Crippen LogP contribution in [-0.2, 0) is 11.2 Å². The van der Waals surface area contributed by atoms with Crippen molar-refractivity contribution in [3.63, 3.8) is 0 Å². The fourth-order valence-electron chi connectivity index (χ4n) is 5.49. The van der Waals surface area contributed by atoms with Crippen LogP contribution in [0.1, 0.15) is 77.0 Å². The van der Waals surface area contributed by atoms with E-state index >= 15 is 0 Å². The first-order chi connectivity index (χ1) is 13.6. The number of carbonyl (C=O) groups excluding carboxylic acids is 1. The summed E-state index contributed by atoms with van der Waals surface area (Å²) in [7, 11) is 0. The van der Waals surface area contributed by atoms with Gasteiger partial charge in [0.15, 0.2) is 0 Å². The normalized spacial score (nSPS) is 29.9. The molecule has 1 atom stereocenters. The molecule has 1 aromatic rings. The molecule has 1 saturated heterocycles. The first kappa shape index (κ1) is 19.1. The predicted octanol–water partition coefficient (Wildman–Crippen LogP) is 4.12. The van der Waals surface area contributed by atoms with Crippen LogP contribution in [0.5, 0.6) is 0 Å². The molecule has 4 nitrogen and oxygen atoms in total. The van der Waals surface area contributed by atoms with Gasteiger partial charge in [-0.1, -0.05) is 6.92 Å². The van der Waals surface area contributed by atoms with Gasteiger partial charge in [-0.05, 0) is 75.2 Å². The van der Waals surface area contributed by atoms with Crippen molar-refractivity contribution in [2.45, 2.75) is 76.9 Å². The summed E-state index contributed by atoms with van der Waals surface area (Å²) in [4.78, 5) is 17.7. The minimum Gasteiger partial charge on any atom is -0.375 e. The van der Waals surface area contributed by atoms with Crippen molar-refractivity contribution in [3.05, 3.63) is 20.9 Å². The van der Waals surface area contributed by atoms with Crippen molar-refractivity contribution < 1.29 is 9.53 Å². The predicted molar refractivity (Wildman–Crippen MR) is 113 cm³/mol. The standard InChI is InChI=1S/C23H34N2O2S/c1-14(22-15(2)21-20(28-22)9-10-24-23(21)26)17-5-7-18(8-6-17)25-11-19(12-25)27-13-16-3-4-16/h14,16-19H,3-13H2,1-2H3,(H,24,26)/t14-,17?,18?/m1/s1. The van der Waals surface area contributed by atoms with E-state index in [1.54, 1.807) is 0 Å². The second-order valence-electron chi connectivity index (χ2n) is 9.61. The number of nitrogens with one attached hydrogen (secondary N) is 1. The maximum absolute atomic E-state index is 12.3. The van der Waals surface area contributed by atoms with Crippen molar-refractivity contribution >= 4 is 17.2 Å². The van der Waals surface area contributed by atoms with Gasteiger partial charge in [0, 0.05) is 42.0 Å². The summed E-state index contributed by atoms with van der Waals surface area (Å²) >= 11 is 1.92. The minimum absolute atomic E-state index is 0.147. The highest BCUT2D eigenvalue weighted by Crippen LogP contribution is 2.43. The van der Waals surface area contributed by atoms with Crippen LogP contribution in [0.3, 0.4) is 0 Å². The highest BCUT2D eigenvalue weighted by atomic mass is 32.1. The molecule has 0 unspecified atom stereocenters. The molecule has 0 spiro atoms. The molecular formula is C23H34N2O2S. The Bertz CT molecular complexity index is 727. The van der Waals surface area contributed by atoms with Gasteiger partial charge in [-0.25, -0.2) is 0 Å². The van der Waals surface area contributed by atoms with Crippen LogP contribution < -0.4 is 5.32 Å². The van der Waals surface area contributed by atoms with Gasteiger partial charge in [0.25, 0.3) is 5.91 Å². The number of likely N-dealkylation sites (tertiary alicyclic amines) is 1. The fraction of sp³-hybridized carbons (Fsp3) is 0.783. The van der Waals surface area contributed by atoms with E-state index in [4.69, 9.17) is 4.74 Å². The molecule has 154 valence electrons. The Kier molecular flexibility index (Phi) is 5.27. The Hall–Kier alpha value is -0.910.